The van der Waals surface area contributed by atoms with Gasteiger partial charge in [0.25, 0.3) is 0 Å². The van der Waals surface area contributed by atoms with Gasteiger partial charge in [0.15, 0.2) is 0 Å². The monoisotopic (exact) mass is 484 g/mol. The van der Waals surface area contributed by atoms with Crippen LogP contribution in [0.5, 0.6) is 5.75 Å². The second-order valence-electron chi connectivity index (χ2n) is 9.98. The van der Waals surface area contributed by atoms with E-state index in [0.29, 0.717) is 5.02 Å². The van der Waals surface area contributed by atoms with Crippen molar-refractivity contribution >= 4 is 17.5 Å². The van der Waals surface area contributed by atoms with E-state index in [2.05, 4.69) is 41.5 Å². The van der Waals surface area contributed by atoms with Gasteiger partial charge in [0, 0.05) is 23.7 Å². The molecule has 1 saturated heterocycles. The van der Waals surface area contributed by atoms with Gasteiger partial charge in [0.1, 0.15) is 5.75 Å². The molecule has 5 nitrogen and oxygen atoms in total. The number of hydrogen-bond donors (Lipinski definition) is 1. The first-order valence-corrected chi connectivity index (χ1v) is 12.8. The Labute approximate surface area is 208 Å². The number of carbonyl (C=O) groups is 1. The largest absolute Gasteiger partial charge is 0.496 e. The molecule has 2 fully saturated rings. The van der Waals surface area contributed by atoms with E-state index in [1.807, 2.05) is 18.2 Å². The van der Waals surface area contributed by atoms with E-state index in [9.17, 15) is 4.79 Å². The lowest BCUT2D eigenvalue weighted by molar-refractivity contribution is -0.135. The molecule has 184 valence electrons. The van der Waals surface area contributed by atoms with Crippen molar-refractivity contribution in [1.82, 2.24) is 10.2 Å². The maximum atomic E-state index is 13.7. The summed E-state index contributed by atoms with van der Waals surface area (Å²) in [5.41, 5.74) is 2.82. The summed E-state index contributed by atoms with van der Waals surface area (Å²) in [4.78, 5) is 16.0. The van der Waals surface area contributed by atoms with Gasteiger partial charge in [-0.2, -0.15) is 0 Å². The van der Waals surface area contributed by atoms with Gasteiger partial charge in [0.2, 0.25) is 5.91 Å². The number of carbonyl (C=O) groups excluding carboxylic acids is 1. The first-order valence-electron chi connectivity index (χ1n) is 12.4. The number of ether oxygens (including phenoxy) is 2. The van der Waals surface area contributed by atoms with Crippen molar-refractivity contribution in [2.45, 2.75) is 57.1 Å². The average molecular weight is 485 g/mol. The van der Waals surface area contributed by atoms with E-state index in [4.69, 9.17) is 21.1 Å². The molecule has 34 heavy (non-hydrogen) atoms. The van der Waals surface area contributed by atoms with E-state index >= 15 is 0 Å². The Morgan fingerprint density at radius 2 is 1.74 bits per heavy atom. The number of halogens is 1. The molecule has 1 saturated carbocycles. The number of benzene rings is 2. The van der Waals surface area contributed by atoms with E-state index in [1.54, 1.807) is 14.2 Å². The Kier molecular flexibility index (Phi) is 8.18. The summed E-state index contributed by atoms with van der Waals surface area (Å²) in [6, 6.07) is 14.4. The summed E-state index contributed by atoms with van der Waals surface area (Å²) in [6.45, 7) is 2.08. The molecule has 0 aromatic heterocycles. The van der Waals surface area contributed by atoms with Gasteiger partial charge in [-0.25, -0.2) is 0 Å². The van der Waals surface area contributed by atoms with Gasteiger partial charge in [-0.15, -0.1) is 0 Å². The highest BCUT2D eigenvalue weighted by Gasteiger charge is 2.42. The van der Waals surface area contributed by atoms with Gasteiger partial charge in [-0.3, -0.25) is 4.79 Å². The summed E-state index contributed by atoms with van der Waals surface area (Å²) in [7, 11) is 5.59. The Hall–Kier alpha value is -2.08. The molecule has 0 bridgehead atoms. The fourth-order valence-electron chi connectivity index (χ4n) is 5.45. The van der Waals surface area contributed by atoms with Crippen LogP contribution in [-0.4, -0.2) is 57.3 Å². The van der Waals surface area contributed by atoms with Crippen molar-refractivity contribution in [3.8, 4) is 16.9 Å². The number of methoxy groups -OCH3 is 2. The molecule has 0 atom stereocenters. The van der Waals surface area contributed by atoms with Crippen LogP contribution in [0.25, 0.3) is 11.1 Å². The number of amides is 1. The van der Waals surface area contributed by atoms with Crippen LogP contribution in [0.1, 0.15) is 44.1 Å². The molecule has 0 radical (unpaired) electrons. The third kappa shape index (κ3) is 5.76. The zero-order chi connectivity index (χ0) is 24.1. The summed E-state index contributed by atoms with van der Waals surface area (Å²) in [5.74, 6) is 1.02. The van der Waals surface area contributed by atoms with Crippen molar-refractivity contribution < 1.29 is 14.3 Å². The first kappa shape index (κ1) is 25.0. The van der Waals surface area contributed by atoms with E-state index in [-0.39, 0.29) is 23.5 Å². The lowest BCUT2D eigenvalue weighted by Gasteiger charge is -2.40. The normalized spacial score (nSPS) is 24.1. The first-order chi connectivity index (χ1) is 16.4. The molecule has 2 aromatic rings. The van der Waals surface area contributed by atoms with Crippen molar-refractivity contribution in [2.24, 2.45) is 5.41 Å². The highest BCUT2D eigenvalue weighted by molar-refractivity contribution is 6.31. The standard InChI is InChI=1S/C28H37ClN2O3/c1-31-16-12-23(13-17-31)30-27(32)28(14-10-24(33-2)11-15-28)19-20-4-6-21(7-5-20)25-18-22(29)8-9-26(25)34-3/h4-9,18,23-24H,10-17,19H2,1-3H3,(H,30,32). The SMILES string of the molecule is COc1ccc(Cl)cc1-c1ccc(CC2(C(=O)NC3CCN(C)CC3)CCC(OC)CC2)cc1. The Balaban J connectivity index is 1.52. The molecular weight excluding hydrogens is 448 g/mol. The van der Waals surface area contributed by atoms with Crippen molar-refractivity contribution in [3.63, 3.8) is 0 Å². The third-order valence-electron chi connectivity index (χ3n) is 7.73. The molecule has 6 heteroatoms. The highest BCUT2D eigenvalue weighted by Crippen LogP contribution is 2.41. The molecular formula is C28H37ClN2O3. The Morgan fingerprint density at radius 1 is 1.06 bits per heavy atom. The molecule has 2 aromatic carbocycles. The van der Waals surface area contributed by atoms with Crippen LogP contribution >= 0.6 is 11.6 Å². The van der Waals surface area contributed by atoms with E-state index in [1.165, 1.54) is 5.56 Å². The molecule has 0 unspecified atom stereocenters. The fraction of sp³-hybridized carbons (Fsp3) is 0.536. The maximum Gasteiger partial charge on any atom is 0.226 e. The number of nitrogens with one attached hydrogen (secondary N) is 1. The van der Waals surface area contributed by atoms with Gasteiger partial charge in [-0.1, -0.05) is 35.9 Å². The summed E-state index contributed by atoms with van der Waals surface area (Å²) < 4.78 is 11.1. The molecule has 1 aliphatic heterocycles. The molecule has 2 aliphatic rings. The van der Waals surface area contributed by atoms with Crippen LogP contribution in [0.3, 0.4) is 0 Å². The topological polar surface area (TPSA) is 50.8 Å². The van der Waals surface area contributed by atoms with Crippen molar-refractivity contribution in [3.05, 3.63) is 53.1 Å². The van der Waals surface area contributed by atoms with Gasteiger partial charge >= 0.3 is 0 Å². The quantitative estimate of drug-likeness (QED) is 0.576. The molecule has 1 aliphatic carbocycles. The molecule has 1 N–H and O–H groups in total. The zero-order valence-electron chi connectivity index (χ0n) is 20.6. The molecule has 1 heterocycles. The van der Waals surface area contributed by atoms with Crippen LogP contribution in [-0.2, 0) is 16.0 Å². The summed E-state index contributed by atoms with van der Waals surface area (Å²) >= 11 is 6.24. The predicted octanol–water partition coefficient (Wildman–Crippen LogP) is 5.34. The maximum absolute atomic E-state index is 13.7. The van der Waals surface area contributed by atoms with E-state index < -0.39 is 0 Å². The molecule has 4 rings (SSSR count). The minimum absolute atomic E-state index is 0.220. The lowest BCUT2D eigenvalue weighted by Crippen LogP contribution is -2.51. The number of likely N-dealkylation sites (tertiary alicyclic amines) is 1. The predicted molar refractivity (Wildman–Crippen MR) is 138 cm³/mol. The molecule has 1 amide bonds. The van der Waals surface area contributed by atoms with Gasteiger partial charge in [0.05, 0.1) is 18.6 Å². The second kappa shape index (κ2) is 11.1. The summed E-state index contributed by atoms with van der Waals surface area (Å²) in [5, 5.41) is 4.10. The smallest absolute Gasteiger partial charge is 0.226 e. The number of piperidine rings is 1. The van der Waals surface area contributed by atoms with Crippen molar-refractivity contribution in [2.75, 3.05) is 34.4 Å². The average Bonchev–Trinajstić information content (AvgIpc) is 2.86. The van der Waals surface area contributed by atoms with Crippen LogP contribution in [0, 0.1) is 5.41 Å². The third-order valence-corrected chi connectivity index (χ3v) is 7.96. The fourth-order valence-corrected chi connectivity index (χ4v) is 5.63. The Morgan fingerprint density at radius 3 is 2.35 bits per heavy atom. The zero-order valence-corrected chi connectivity index (χ0v) is 21.4. The van der Waals surface area contributed by atoms with Crippen molar-refractivity contribution in [1.29, 1.82) is 0 Å². The number of nitrogens with zero attached hydrogens (tertiary/aromatic N) is 1. The van der Waals surface area contributed by atoms with Gasteiger partial charge in [-0.05, 0) is 94.4 Å². The minimum Gasteiger partial charge on any atom is -0.496 e. The second-order valence-corrected chi connectivity index (χ2v) is 10.4. The number of hydrogen-bond acceptors (Lipinski definition) is 4. The Bertz CT molecular complexity index is 962. The minimum atomic E-state index is -0.381. The molecule has 0 spiro atoms. The van der Waals surface area contributed by atoms with Gasteiger partial charge < -0.3 is 19.7 Å². The lowest BCUT2D eigenvalue weighted by atomic mass is 9.68. The number of rotatable bonds is 7. The summed E-state index contributed by atoms with van der Waals surface area (Å²) in [6.07, 6.45) is 6.60. The van der Waals surface area contributed by atoms with E-state index in [0.717, 1.165) is 74.9 Å². The van der Waals surface area contributed by atoms with Crippen LogP contribution in [0.15, 0.2) is 42.5 Å². The van der Waals surface area contributed by atoms with Crippen LogP contribution < -0.4 is 10.1 Å². The highest BCUT2D eigenvalue weighted by atomic mass is 35.5. The van der Waals surface area contributed by atoms with Crippen LogP contribution in [0.2, 0.25) is 5.02 Å². The van der Waals surface area contributed by atoms with Crippen LogP contribution in [0.4, 0.5) is 0 Å².